The maximum atomic E-state index is 11.8. The van der Waals surface area contributed by atoms with Crippen molar-refractivity contribution in [1.82, 2.24) is 15.3 Å². The van der Waals surface area contributed by atoms with Crippen LogP contribution < -0.4 is 10.2 Å². The van der Waals surface area contributed by atoms with Crippen molar-refractivity contribution in [2.24, 2.45) is 4.99 Å². The summed E-state index contributed by atoms with van der Waals surface area (Å²) in [5.41, 5.74) is 0.0624. The van der Waals surface area contributed by atoms with Gasteiger partial charge in [-0.25, -0.2) is 9.98 Å². The van der Waals surface area contributed by atoms with Crippen molar-refractivity contribution in [1.29, 1.82) is 0 Å². The van der Waals surface area contributed by atoms with Crippen LogP contribution in [0.5, 0.6) is 0 Å². The van der Waals surface area contributed by atoms with Crippen molar-refractivity contribution in [2.45, 2.75) is 12.6 Å². The second-order valence-electron chi connectivity index (χ2n) is 5.25. The van der Waals surface area contributed by atoms with Crippen molar-refractivity contribution < 1.29 is 9.90 Å². The summed E-state index contributed by atoms with van der Waals surface area (Å²) >= 11 is 1.42. The molecule has 8 heteroatoms. The SMILES string of the molecule is CNC(=O)c1[nH]cnc1N=C1SC[C@@](C)(O)N1c1ccccc1. The fraction of sp³-hybridized carbons (Fsp3) is 0.267. The highest BCUT2D eigenvalue weighted by Gasteiger charge is 2.40. The molecule has 0 saturated carbocycles. The number of H-pyrrole nitrogens is 1. The molecule has 1 aromatic carbocycles. The van der Waals surface area contributed by atoms with Crippen molar-refractivity contribution in [2.75, 3.05) is 17.7 Å². The predicted molar refractivity (Wildman–Crippen MR) is 91.1 cm³/mol. The first-order valence-corrected chi connectivity index (χ1v) is 8.06. The molecule has 0 aliphatic carbocycles. The summed E-state index contributed by atoms with van der Waals surface area (Å²) in [5.74, 6) is 0.480. The summed E-state index contributed by atoms with van der Waals surface area (Å²) < 4.78 is 0. The minimum Gasteiger partial charge on any atom is -0.370 e. The fourth-order valence-electron chi connectivity index (χ4n) is 2.34. The summed E-state index contributed by atoms with van der Waals surface area (Å²) in [5, 5.41) is 13.8. The number of nitrogens with one attached hydrogen (secondary N) is 2. The number of amides is 1. The molecule has 0 bridgehead atoms. The highest BCUT2D eigenvalue weighted by atomic mass is 32.2. The van der Waals surface area contributed by atoms with Gasteiger partial charge >= 0.3 is 0 Å². The molecule has 1 saturated heterocycles. The van der Waals surface area contributed by atoms with Gasteiger partial charge in [0.2, 0.25) is 0 Å². The van der Waals surface area contributed by atoms with E-state index < -0.39 is 5.72 Å². The largest absolute Gasteiger partial charge is 0.370 e. The molecule has 2 aromatic rings. The molecule has 3 rings (SSSR count). The van der Waals surface area contributed by atoms with E-state index in [9.17, 15) is 9.90 Å². The Morgan fingerprint density at radius 1 is 1.48 bits per heavy atom. The molecule has 23 heavy (non-hydrogen) atoms. The van der Waals surface area contributed by atoms with Gasteiger partial charge in [0.05, 0.1) is 6.33 Å². The first-order chi connectivity index (χ1) is 11.0. The van der Waals surface area contributed by atoms with E-state index in [2.05, 4.69) is 20.3 Å². The van der Waals surface area contributed by atoms with E-state index in [1.165, 1.54) is 18.1 Å². The van der Waals surface area contributed by atoms with Gasteiger partial charge in [-0.2, -0.15) is 0 Å². The predicted octanol–water partition coefficient (Wildman–Crippen LogP) is 1.72. The molecule has 120 valence electrons. The number of para-hydroxylation sites is 1. The summed E-state index contributed by atoms with van der Waals surface area (Å²) in [4.78, 5) is 24.9. The molecule has 3 N–H and O–H groups in total. The molecule has 2 heterocycles. The van der Waals surface area contributed by atoms with Gasteiger partial charge in [-0.15, -0.1) is 0 Å². The van der Waals surface area contributed by atoms with E-state index in [-0.39, 0.29) is 5.91 Å². The number of amidine groups is 1. The number of hydrogen-bond donors (Lipinski definition) is 3. The van der Waals surface area contributed by atoms with Crippen molar-refractivity contribution in [3.8, 4) is 0 Å². The number of carbonyl (C=O) groups is 1. The highest BCUT2D eigenvalue weighted by molar-refractivity contribution is 8.14. The summed E-state index contributed by atoms with van der Waals surface area (Å²) in [6, 6.07) is 9.52. The lowest BCUT2D eigenvalue weighted by Gasteiger charge is -2.30. The smallest absolute Gasteiger partial charge is 0.271 e. The Hall–Kier alpha value is -2.32. The lowest BCUT2D eigenvalue weighted by Crippen LogP contribution is -2.45. The molecule has 1 amide bonds. The van der Waals surface area contributed by atoms with Gasteiger partial charge < -0.3 is 15.4 Å². The van der Waals surface area contributed by atoms with E-state index in [1.54, 1.807) is 18.9 Å². The zero-order valence-corrected chi connectivity index (χ0v) is 13.6. The number of nitrogens with zero attached hydrogens (tertiary/aromatic N) is 3. The summed E-state index contributed by atoms with van der Waals surface area (Å²) in [6.07, 6.45) is 1.43. The standard InChI is InChI=1S/C15H17N5O2S/c1-15(22)8-23-14(20(15)10-6-4-3-5-7-10)19-12-11(13(21)16-2)17-9-18-12/h3-7,9,22H,8H2,1-2H3,(H,16,21)(H,17,18)/t15-/m1/s1. The number of anilines is 1. The number of aromatic nitrogens is 2. The minimum absolute atomic E-state index is 0.289. The number of carbonyl (C=O) groups excluding carboxylic acids is 1. The van der Waals surface area contributed by atoms with Gasteiger partial charge in [-0.3, -0.25) is 9.69 Å². The van der Waals surface area contributed by atoms with E-state index >= 15 is 0 Å². The Bertz CT molecular complexity index is 741. The number of rotatable bonds is 3. The first kappa shape index (κ1) is 15.6. The third-order valence-electron chi connectivity index (χ3n) is 3.44. The molecule has 1 aliphatic rings. The quantitative estimate of drug-likeness (QED) is 0.796. The van der Waals surface area contributed by atoms with E-state index in [0.29, 0.717) is 22.4 Å². The minimum atomic E-state index is -1.06. The lowest BCUT2D eigenvalue weighted by atomic mass is 10.2. The first-order valence-electron chi connectivity index (χ1n) is 7.07. The van der Waals surface area contributed by atoms with Crippen molar-refractivity contribution >= 4 is 34.3 Å². The van der Waals surface area contributed by atoms with E-state index in [0.717, 1.165) is 5.69 Å². The Labute approximate surface area is 137 Å². The lowest BCUT2D eigenvalue weighted by molar-refractivity contribution is 0.0959. The van der Waals surface area contributed by atoms with Crippen LogP contribution in [0.3, 0.4) is 0 Å². The molecular weight excluding hydrogens is 314 g/mol. The van der Waals surface area contributed by atoms with Gasteiger partial charge in [-0.05, 0) is 19.1 Å². The number of aliphatic hydroxyl groups is 1. The molecule has 1 aliphatic heterocycles. The van der Waals surface area contributed by atoms with Crippen molar-refractivity contribution in [3.05, 3.63) is 42.4 Å². The number of imidazole rings is 1. The van der Waals surface area contributed by atoms with Crippen LogP contribution in [0.15, 0.2) is 41.7 Å². The topological polar surface area (TPSA) is 93.6 Å². The molecule has 0 unspecified atom stereocenters. The molecule has 1 atom stereocenters. The Kier molecular flexibility index (Phi) is 4.10. The summed E-state index contributed by atoms with van der Waals surface area (Å²) in [7, 11) is 1.55. The number of thioether (sulfide) groups is 1. The number of benzene rings is 1. The van der Waals surface area contributed by atoms with Gasteiger partial charge in [0.25, 0.3) is 5.91 Å². The van der Waals surface area contributed by atoms with Crippen LogP contribution in [-0.2, 0) is 0 Å². The highest BCUT2D eigenvalue weighted by Crippen LogP contribution is 2.36. The number of hydrogen-bond acceptors (Lipinski definition) is 5. The summed E-state index contributed by atoms with van der Waals surface area (Å²) in [6.45, 7) is 1.74. The third kappa shape index (κ3) is 2.95. The van der Waals surface area contributed by atoms with E-state index in [1.807, 2.05) is 30.3 Å². The van der Waals surface area contributed by atoms with Crippen LogP contribution in [0.2, 0.25) is 0 Å². The third-order valence-corrected chi connectivity index (χ3v) is 4.66. The van der Waals surface area contributed by atoms with E-state index in [4.69, 9.17) is 0 Å². The van der Waals surface area contributed by atoms with Crippen LogP contribution in [0.1, 0.15) is 17.4 Å². The fourth-order valence-corrected chi connectivity index (χ4v) is 3.45. The number of aromatic amines is 1. The molecule has 0 spiro atoms. The molecule has 1 aromatic heterocycles. The van der Waals surface area contributed by atoms with Crippen LogP contribution in [0, 0.1) is 0 Å². The molecule has 0 radical (unpaired) electrons. The average Bonchev–Trinajstić information content (AvgIpc) is 3.12. The van der Waals surface area contributed by atoms with Crippen LogP contribution in [-0.4, -0.2) is 44.7 Å². The Morgan fingerprint density at radius 3 is 2.91 bits per heavy atom. The molecular formula is C15H17N5O2S. The second-order valence-corrected chi connectivity index (χ2v) is 6.19. The zero-order chi connectivity index (χ0) is 16.4. The second kappa shape index (κ2) is 6.05. The molecule has 1 fully saturated rings. The van der Waals surface area contributed by atoms with Gasteiger partial charge in [0, 0.05) is 18.5 Å². The zero-order valence-electron chi connectivity index (χ0n) is 12.8. The van der Waals surface area contributed by atoms with Gasteiger partial charge in [0.15, 0.2) is 22.4 Å². The Balaban J connectivity index is 2.02. The van der Waals surface area contributed by atoms with Crippen LogP contribution >= 0.6 is 11.8 Å². The Morgan fingerprint density at radius 2 is 2.22 bits per heavy atom. The molecule has 7 nitrogen and oxygen atoms in total. The van der Waals surface area contributed by atoms with Crippen molar-refractivity contribution in [3.63, 3.8) is 0 Å². The maximum absolute atomic E-state index is 11.8. The van der Waals surface area contributed by atoms with Crippen LogP contribution in [0.4, 0.5) is 11.5 Å². The normalized spacial score (nSPS) is 22.6. The van der Waals surface area contributed by atoms with Crippen LogP contribution in [0.25, 0.3) is 0 Å². The van der Waals surface area contributed by atoms with Gasteiger partial charge in [0.1, 0.15) is 0 Å². The average molecular weight is 331 g/mol. The monoisotopic (exact) mass is 331 g/mol. The maximum Gasteiger partial charge on any atom is 0.271 e. The van der Waals surface area contributed by atoms with Gasteiger partial charge in [-0.1, -0.05) is 30.0 Å². The number of aliphatic imine (C=N–C) groups is 1.